The monoisotopic (exact) mass is 466 g/mol. The predicted octanol–water partition coefficient (Wildman–Crippen LogP) is 3.57. The molecule has 2 aliphatic rings. The Labute approximate surface area is 194 Å². The summed E-state index contributed by atoms with van der Waals surface area (Å²) < 4.78 is 5.31. The van der Waals surface area contributed by atoms with Crippen LogP contribution < -0.4 is 5.48 Å². The van der Waals surface area contributed by atoms with E-state index in [4.69, 9.17) is 14.4 Å². The van der Waals surface area contributed by atoms with Gasteiger partial charge in [-0.1, -0.05) is 0 Å². The van der Waals surface area contributed by atoms with Gasteiger partial charge in [0.05, 0.1) is 54.4 Å². The molecule has 0 radical (unpaired) electrons. The van der Waals surface area contributed by atoms with E-state index >= 15 is 0 Å². The Bertz CT molecular complexity index is 854. The Morgan fingerprint density at radius 2 is 1.62 bits per heavy atom. The van der Waals surface area contributed by atoms with Crippen LogP contribution in [-0.2, 0) is 14.4 Å². The minimum Gasteiger partial charge on any atom is -0.442 e. The first-order chi connectivity index (χ1) is 14.7. The van der Waals surface area contributed by atoms with Crippen LogP contribution >= 0.6 is 12.4 Å². The number of ether oxygens (including phenoxy) is 1. The summed E-state index contributed by atoms with van der Waals surface area (Å²) in [6.45, 7) is 10.5. The van der Waals surface area contributed by atoms with Crippen molar-refractivity contribution < 1.29 is 19.2 Å². The zero-order valence-corrected chi connectivity index (χ0v) is 19.9. The fourth-order valence-electron chi connectivity index (χ4n) is 2.99. The number of hydroxylamine groups is 3. The van der Waals surface area contributed by atoms with Crippen molar-refractivity contribution in [2.24, 2.45) is 0 Å². The SMILES string of the molecule is Cc1cnc([C@@H]2CCON2)cn1.Cc1cnc([C@@H]2CCON2C(=O)OC(C)(C)C)cn1.Cl. The summed E-state index contributed by atoms with van der Waals surface area (Å²) in [5.41, 5.74) is 5.80. The molecule has 0 unspecified atom stereocenters. The predicted molar refractivity (Wildman–Crippen MR) is 119 cm³/mol. The number of carbonyl (C=O) groups excluding carboxylic acids is 1. The molecule has 10 nitrogen and oxygen atoms in total. The average Bonchev–Trinajstić information content (AvgIpc) is 3.41. The first kappa shape index (κ1) is 25.9. The molecular formula is C21H31ClN6O4. The van der Waals surface area contributed by atoms with Crippen LogP contribution in [0.15, 0.2) is 24.8 Å². The number of amides is 1. The van der Waals surface area contributed by atoms with E-state index in [9.17, 15) is 4.79 Å². The van der Waals surface area contributed by atoms with E-state index in [1.165, 1.54) is 5.06 Å². The van der Waals surface area contributed by atoms with Crippen molar-refractivity contribution in [3.05, 3.63) is 47.6 Å². The van der Waals surface area contributed by atoms with Gasteiger partial charge in [0.1, 0.15) is 11.6 Å². The first-order valence-electron chi connectivity index (χ1n) is 10.3. The summed E-state index contributed by atoms with van der Waals surface area (Å²) in [5.74, 6) is 0. The maximum Gasteiger partial charge on any atom is 0.435 e. The molecule has 2 fully saturated rings. The van der Waals surface area contributed by atoms with Crippen molar-refractivity contribution in [1.82, 2.24) is 30.5 Å². The third kappa shape index (κ3) is 7.33. The molecule has 2 atom stereocenters. The topological polar surface area (TPSA) is 112 Å². The maximum atomic E-state index is 12.0. The van der Waals surface area contributed by atoms with Crippen LogP contribution in [0.1, 0.15) is 68.5 Å². The van der Waals surface area contributed by atoms with Crippen molar-refractivity contribution in [3.63, 3.8) is 0 Å². The van der Waals surface area contributed by atoms with Crippen molar-refractivity contribution >= 4 is 18.5 Å². The van der Waals surface area contributed by atoms with Crippen LogP contribution in [0, 0.1) is 13.8 Å². The van der Waals surface area contributed by atoms with Crippen LogP contribution in [-0.4, -0.2) is 49.9 Å². The standard InChI is InChI=1S/C13H19N3O3.C8H11N3O.ClH/c1-9-7-15-10(8-14-9)11-5-6-18-16(11)12(17)19-13(2,3)4;1-6-4-10-8(5-9-6)7-2-3-12-11-7;/h7-8,11H,5-6H2,1-4H3;4-5,7,11H,2-3H2,1H3;1H/t11-;7-;/m00./s1. The second-order valence-electron chi connectivity index (χ2n) is 8.42. The molecule has 2 aromatic heterocycles. The Morgan fingerprint density at radius 1 is 1.00 bits per heavy atom. The van der Waals surface area contributed by atoms with Gasteiger partial charge in [-0.15, -0.1) is 12.4 Å². The van der Waals surface area contributed by atoms with Gasteiger partial charge in [-0.05, 0) is 41.0 Å². The molecule has 0 saturated carbocycles. The summed E-state index contributed by atoms with van der Waals surface area (Å²) in [7, 11) is 0. The van der Waals surface area contributed by atoms with E-state index in [1.54, 1.807) is 24.8 Å². The molecule has 0 aliphatic carbocycles. The lowest BCUT2D eigenvalue weighted by Gasteiger charge is -2.26. The zero-order valence-electron chi connectivity index (χ0n) is 19.1. The van der Waals surface area contributed by atoms with E-state index in [0.29, 0.717) is 18.7 Å². The van der Waals surface area contributed by atoms with Crippen LogP contribution in [0.4, 0.5) is 4.79 Å². The van der Waals surface area contributed by atoms with E-state index in [0.717, 1.165) is 30.1 Å². The second kappa shape index (κ2) is 11.5. The maximum absolute atomic E-state index is 12.0. The van der Waals surface area contributed by atoms with Crippen molar-refractivity contribution in [1.29, 1.82) is 0 Å². The molecule has 32 heavy (non-hydrogen) atoms. The first-order valence-corrected chi connectivity index (χ1v) is 10.3. The van der Waals surface area contributed by atoms with Crippen molar-refractivity contribution in [3.8, 4) is 0 Å². The van der Waals surface area contributed by atoms with Crippen molar-refractivity contribution in [2.45, 2.75) is 65.1 Å². The number of rotatable bonds is 2. The Kier molecular flexibility index (Phi) is 9.26. The Hall–Kier alpha value is -2.40. The summed E-state index contributed by atoms with van der Waals surface area (Å²) in [6, 6.07) is -0.0129. The highest BCUT2D eigenvalue weighted by atomic mass is 35.5. The van der Waals surface area contributed by atoms with Gasteiger partial charge >= 0.3 is 6.09 Å². The third-order valence-electron chi connectivity index (χ3n) is 4.51. The third-order valence-corrected chi connectivity index (χ3v) is 4.51. The summed E-state index contributed by atoms with van der Waals surface area (Å²) >= 11 is 0. The van der Waals surface area contributed by atoms with E-state index < -0.39 is 11.7 Å². The number of aromatic nitrogens is 4. The molecule has 2 aliphatic heterocycles. The molecule has 4 heterocycles. The lowest BCUT2D eigenvalue weighted by Crippen LogP contribution is -2.36. The van der Waals surface area contributed by atoms with Gasteiger partial charge in [0, 0.05) is 18.8 Å². The lowest BCUT2D eigenvalue weighted by molar-refractivity contribution is -0.125. The highest BCUT2D eigenvalue weighted by molar-refractivity contribution is 5.85. The minimum atomic E-state index is -0.549. The smallest absolute Gasteiger partial charge is 0.435 e. The fourth-order valence-corrected chi connectivity index (χ4v) is 2.99. The number of hydrogen-bond donors (Lipinski definition) is 1. The van der Waals surface area contributed by atoms with Crippen LogP contribution in [0.3, 0.4) is 0 Å². The molecule has 4 rings (SSSR count). The number of carbonyl (C=O) groups is 1. The molecule has 11 heteroatoms. The minimum absolute atomic E-state index is 0. The molecule has 1 N–H and O–H groups in total. The summed E-state index contributed by atoms with van der Waals surface area (Å²) in [5, 5.41) is 1.25. The molecule has 0 spiro atoms. The molecule has 0 bridgehead atoms. The summed E-state index contributed by atoms with van der Waals surface area (Å²) in [4.78, 5) is 39.3. The Balaban J connectivity index is 0.000000241. The zero-order chi connectivity index (χ0) is 22.4. The van der Waals surface area contributed by atoms with Gasteiger partial charge in [-0.25, -0.2) is 4.79 Å². The van der Waals surface area contributed by atoms with Gasteiger partial charge in [-0.2, -0.15) is 10.5 Å². The molecule has 2 aromatic rings. The van der Waals surface area contributed by atoms with Gasteiger partial charge in [0.2, 0.25) is 0 Å². The van der Waals surface area contributed by atoms with Gasteiger partial charge in [0.15, 0.2) is 0 Å². The van der Waals surface area contributed by atoms with Crippen LogP contribution in [0.5, 0.6) is 0 Å². The Morgan fingerprint density at radius 3 is 2.12 bits per heavy atom. The average molecular weight is 467 g/mol. The van der Waals surface area contributed by atoms with E-state index in [-0.39, 0.29) is 24.5 Å². The lowest BCUT2D eigenvalue weighted by atomic mass is 10.1. The number of halogens is 1. The molecule has 0 aromatic carbocycles. The molecule has 1 amide bonds. The second-order valence-corrected chi connectivity index (χ2v) is 8.42. The fraction of sp³-hybridized carbons (Fsp3) is 0.571. The highest BCUT2D eigenvalue weighted by Gasteiger charge is 2.35. The van der Waals surface area contributed by atoms with Crippen LogP contribution in [0.25, 0.3) is 0 Å². The molecule has 2 saturated heterocycles. The largest absolute Gasteiger partial charge is 0.442 e. The van der Waals surface area contributed by atoms with E-state index in [1.807, 2.05) is 34.6 Å². The number of hydrogen-bond acceptors (Lipinski definition) is 9. The number of nitrogens with one attached hydrogen (secondary N) is 1. The number of nitrogens with zero attached hydrogens (tertiary/aromatic N) is 5. The number of aryl methyl sites for hydroxylation is 2. The molecular weight excluding hydrogens is 436 g/mol. The van der Waals surface area contributed by atoms with Gasteiger partial charge < -0.3 is 9.57 Å². The van der Waals surface area contributed by atoms with Crippen molar-refractivity contribution in [2.75, 3.05) is 13.2 Å². The van der Waals surface area contributed by atoms with Crippen LogP contribution in [0.2, 0.25) is 0 Å². The van der Waals surface area contributed by atoms with Gasteiger partial charge in [-0.3, -0.25) is 24.8 Å². The normalized spacial score (nSPS) is 20.2. The summed E-state index contributed by atoms with van der Waals surface area (Å²) in [6.07, 6.45) is 8.09. The quantitative estimate of drug-likeness (QED) is 0.709. The van der Waals surface area contributed by atoms with Gasteiger partial charge in [0.25, 0.3) is 0 Å². The molecule has 176 valence electrons. The van der Waals surface area contributed by atoms with E-state index in [2.05, 4.69) is 25.4 Å². The highest BCUT2D eigenvalue weighted by Crippen LogP contribution is 2.30.